The Hall–Kier alpha value is -3.46. The van der Waals surface area contributed by atoms with Crippen LogP contribution in [0.2, 0.25) is 0 Å². The van der Waals surface area contributed by atoms with Crippen molar-refractivity contribution in [2.24, 2.45) is 0 Å². The zero-order valence-electron chi connectivity index (χ0n) is 13.4. The predicted molar refractivity (Wildman–Crippen MR) is 99.6 cm³/mol. The number of hydrogen-bond acceptors (Lipinski definition) is 2. The topological polar surface area (TPSA) is 50.2 Å². The number of aromatic carboxylic acids is 1. The molecular formula is C22H15NO2. The standard InChI is InChI=1S/C22H15NO2/c24-22(25)21-8-4-3-7-19(21)20-10-9-16(15-11-13-23-14-12-15)17-5-1-2-6-18(17)20/h1-14H,(H,24,25). The molecule has 0 unspecified atom stereocenters. The Kier molecular flexibility index (Phi) is 3.75. The van der Waals surface area contributed by atoms with Crippen molar-refractivity contribution in [3.05, 3.63) is 90.8 Å². The summed E-state index contributed by atoms with van der Waals surface area (Å²) < 4.78 is 0. The second-order valence-corrected chi connectivity index (χ2v) is 5.79. The van der Waals surface area contributed by atoms with Crippen LogP contribution in [0.1, 0.15) is 10.4 Å². The molecule has 0 saturated heterocycles. The van der Waals surface area contributed by atoms with Crippen LogP contribution in [0, 0.1) is 0 Å². The van der Waals surface area contributed by atoms with Gasteiger partial charge < -0.3 is 5.11 Å². The van der Waals surface area contributed by atoms with Crippen molar-refractivity contribution in [2.75, 3.05) is 0 Å². The number of carboxylic acids is 1. The molecule has 4 aromatic rings. The van der Waals surface area contributed by atoms with Crippen molar-refractivity contribution >= 4 is 16.7 Å². The van der Waals surface area contributed by atoms with Crippen LogP contribution in [0.25, 0.3) is 33.0 Å². The maximum Gasteiger partial charge on any atom is 0.336 e. The lowest BCUT2D eigenvalue weighted by atomic mass is 9.90. The first-order valence-corrected chi connectivity index (χ1v) is 8.00. The van der Waals surface area contributed by atoms with Crippen LogP contribution in [-0.2, 0) is 0 Å². The van der Waals surface area contributed by atoms with Crippen molar-refractivity contribution in [3.8, 4) is 22.3 Å². The normalized spacial score (nSPS) is 10.7. The Morgan fingerprint density at radius 3 is 2.00 bits per heavy atom. The molecule has 0 spiro atoms. The molecule has 3 aromatic carbocycles. The lowest BCUT2D eigenvalue weighted by molar-refractivity contribution is 0.0698. The Morgan fingerprint density at radius 1 is 0.680 bits per heavy atom. The largest absolute Gasteiger partial charge is 0.478 e. The smallest absolute Gasteiger partial charge is 0.336 e. The summed E-state index contributed by atoms with van der Waals surface area (Å²) in [4.78, 5) is 15.7. The van der Waals surface area contributed by atoms with E-state index in [0.29, 0.717) is 5.56 Å². The fourth-order valence-electron chi connectivity index (χ4n) is 3.22. The number of nitrogens with zero attached hydrogens (tertiary/aromatic N) is 1. The molecule has 4 rings (SSSR count). The van der Waals surface area contributed by atoms with Gasteiger partial charge >= 0.3 is 5.97 Å². The first kappa shape index (κ1) is 15.1. The van der Waals surface area contributed by atoms with Gasteiger partial charge in [-0.15, -0.1) is 0 Å². The molecular weight excluding hydrogens is 310 g/mol. The van der Waals surface area contributed by atoms with Crippen LogP contribution in [0.3, 0.4) is 0 Å². The van der Waals surface area contributed by atoms with Gasteiger partial charge in [0.05, 0.1) is 5.56 Å². The molecule has 0 bridgehead atoms. The molecule has 0 radical (unpaired) electrons. The number of pyridine rings is 1. The van der Waals surface area contributed by atoms with E-state index in [1.54, 1.807) is 24.5 Å². The van der Waals surface area contributed by atoms with Gasteiger partial charge in [-0.05, 0) is 51.2 Å². The van der Waals surface area contributed by atoms with Crippen molar-refractivity contribution < 1.29 is 9.90 Å². The first-order valence-electron chi connectivity index (χ1n) is 8.00. The van der Waals surface area contributed by atoms with E-state index in [9.17, 15) is 9.90 Å². The Bertz CT molecular complexity index is 1070. The molecule has 0 aliphatic carbocycles. The van der Waals surface area contributed by atoms with E-state index in [1.165, 1.54) is 0 Å². The molecule has 1 heterocycles. The van der Waals surface area contributed by atoms with Crippen molar-refractivity contribution in [2.45, 2.75) is 0 Å². The van der Waals surface area contributed by atoms with E-state index in [4.69, 9.17) is 0 Å². The lowest BCUT2D eigenvalue weighted by Gasteiger charge is -2.13. The van der Waals surface area contributed by atoms with Crippen LogP contribution in [0.5, 0.6) is 0 Å². The van der Waals surface area contributed by atoms with E-state index in [2.05, 4.69) is 11.1 Å². The zero-order chi connectivity index (χ0) is 17.2. The van der Waals surface area contributed by atoms with Gasteiger partial charge in [0, 0.05) is 12.4 Å². The Labute approximate surface area is 145 Å². The molecule has 0 saturated carbocycles. The summed E-state index contributed by atoms with van der Waals surface area (Å²) in [6.45, 7) is 0. The van der Waals surface area contributed by atoms with E-state index in [1.807, 2.05) is 54.6 Å². The quantitative estimate of drug-likeness (QED) is 0.558. The minimum Gasteiger partial charge on any atom is -0.478 e. The number of benzene rings is 3. The van der Waals surface area contributed by atoms with Crippen LogP contribution >= 0.6 is 0 Å². The summed E-state index contributed by atoms with van der Waals surface area (Å²) in [6.07, 6.45) is 3.55. The summed E-state index contributed by atoms with van der Waals surface area (Å²) in [5.74, 6) is -0.919. The summed E-state index contributed by atoms with van der Waals surface area (Å²) in [5.41, 5.74) is 4.15. The van der Waals surface area contributed by atoms with E-state index < -0.39 is 5.97 Å². The van der Waals surface area contributed by atoms with E-state index >= 15 is 0 Å². The highest BCUT2D eigenvalue weighted by Crippen LogP contribution is 2.36. The number of carbonyl (C=O) groups is 1. The second-order valence-electron chi connectivity index (χ2n) is 5.79. The van der Waals surface area contributed by atoms with Gasteiger partial charge in [0.2, 0.25) is 0 Å². The molecule has 1 N–H and O–H groups in total. The second kappa shape index (κ2) is 6.21. The van der Waals surface area contributed by atoms with Gasteiger partial charge in [-0.25, -0.2) is 4.79 Å². The van der Waals surface area contributed by atoms with Gasteiger partial charge in [0.25, 0.3) is 0 Å². The molecule has 0 aliphatic heterocycles. The number of carboxylic acid groups (broad SMARTS) is 1. The molecule has 25 heavy (non-hydrogen) atoms. The molecule has 3 nitrogen and oxygen atoms in total. The number of hydrogen-bond donors (Lipinski definition) is 1. The van der Waals surface area contributed by atoms with Gasteiger partial charge in [-0.2, -0.15) is 0 Å². The predicted octanol–water partition coefficient (Wildman–Crippen LogP) is 5.27. The van der Waals surface area contributed by atoms with Gasteiger partial charge in [-0.1, -0.05) is 54.6 Å². The van der Waals surface area contributed by atoms with Gasteiger partial charge in [-0.3, -0.25) is 4.98 Å². The fourth-order valence-corrected chi connectivity index (χ4v) is 3.22. The molecule has 0 fully saturated rings. The molecule has 0 amide bonds. The monoisotopic (exact) mass is 325 g/mol. The molecule has 120 valence electrons. The third-order valence-electron chi connectivity index (χ3n) is 4.36. The number of rotatable bonds is 3. The number of fused-ring (bicyclic) bond motifs is 1. The van der Waals surface area contributed by atoms with E-state index in [-0.39, 0.29) is 0 Å². The minimum absolute atomic E-state index is 0.310. The molecule has 0 atom stereocenters. The van der Waals surface area contributed by atoms with Crippen LogP contribution in [0.4, 0.5) is 0 Å². The summed E-state index contributed by atoms with van der Waals surface area (Å²) >= 11 is 0. The molecule has 3 heteroatoms. The third-order valence-corrected chi connectivity index (χ3v) is 4.36. The minimum atomic E-state index is -0.919. The summed E-state index contributed by atoms with van der Waals surface area (Å²) in [6, 6.07) is 23.2. The highest BCUT2D eigenvalue weighted by molar-refractivity contribution is 6.08. The Morgan fingerprint density at radius 2 is 1.28 bits per heavy atom. The third kappa shape index (κ3) is 2.66. The maximum absolute atomic E-state index is 11.6. The van der Waals surface area contributed by atoms with Crippen LogP contribution in [-0.4, -0.2) is 16.1 Å². The highest BCUT2D eigenvalue weighted by atomic mass is 16.4. The van der Waals surface area contributed by atoms with E-state index in [0.717, 1.165) is 33.0 Å². The Balaban J connectivity index is 2.02. The maximum atomic E-state index is 11.6. The SMILES string of the molecule is O=C(O)c1ccccc1-c1ccc(-c2ccncc2)c2ccccc12. The van der Waals surface area contributed by atoms with Crippen LogP contribution in [0.15, 0.2) is 85.2 Å². The number of aromatic nitrogens is 1. The van der Waals surface area contributed by atoms with Crippen LogP contribution < -0.4 is 0 Å². The average molecular weight is 325 g/mol. The van der Waals surface area contributed by atoms with Crippen molar-refractivity contribution in [3.63, 3.8) is 0 Å². The van der Waals surface area contributed by atoms with Gasteiger partial charge in [0.15, 0.2) is 0 Å². The molecule has 0 aliphatic rings. The first-order chi connectivity index (χ1) is 12.3. The summed E-state index contributed by atoms with van der Waals surface area (Å²) in [5, 5.41) is 11.6. The fraction of sp³-hybridized carbons (Fsp3) is 0. The molecule has 1 aromatic heterocycles. The van der Waals surface area contributed by atoms with Crippen molar-refractivity contribution in [1.29, 1.82) is 0 Å². The lowest BCUT2D eigenvalue weighted by Crippen LogP contribution is -1.99. The van der Waals surface area contributed by atoms with Gasteiger partial charge in [0.1, 0.15) is 0 Å². The zero-order valence-corrected chi connectivity index (χ0v) is 13.4. The highest BCUT2D eigenvalue weighted by Gasteiger charge is 2.14. The summed E-state index contributed by atoms with van der Waals surface area (Å²) in [7, 11) is 0. The average Bonchev–Trinajstić information content (AvgIpc) is 2.68. The van der Waals surface area contributed by atoms with Crippen molar-refractivity contribution in [1.82, 2.24) is 4.98 Å².